The predicted molar refractivity (Wildman–Crippen MR) is 77.9 cm³/mol. The first-order chi connectivity index (χ1) is 11.9. The fraction of sp³-hybridized carbons (Fsp3) is 0.143. The molecule has 12 heteroatoms. The van der Waals surface area contributed by atoms with Crippen molar-refractivity contribution < 1.29 is 26.3 Å². The topological polar surface area (TPSA) is 73.4 Å². The van der Waals surface area contributed by atoms with Gasteiger partial charge < -0.3 is 0 Å². The molecule has 0 fully saturated rings. The highest BCUT2D eigenvalue weighted by atomic mass is 35.5. The summed E-state index contributed by atoms with van der Waals surface area (Å²) in [5, 5.41) is 15.8. The standard InChI is InChI=1S/2C7H2ClF3N2/c2*8-6-4(3-12)1-2-5(13-6)7(9,10)11/h2*1-2H. The minimum Gasteiger partial charge on any atom is -0.230 e. The minimum atomic E-state index is -4.53. The van der Waals surface area contributed by atoms with Crippen LogP contribution in [-0.4, -0.2) is 9.97 Å². The maximum absolute atomic E-state index is 12.0. The molecule has 0 aliphatic heterocycles. The molecule has 0 radical (unpaired) electrons. The number of nitriles is 2. The normalized spacial score (nSPS) is 11.0. The Kier molecular flexibility index (Phi) is 6.79. The highest BCUT2D eigenvalue weighted by Gasteiger charge is 2.33. The lowest BCUT2D eigenvalue weighted by Crippen LogP contribution is -2.08. The van der Waals surface area contributed by atoms with Gasteiger partial charge >= 0.3 is 12.4 Å². The molecule has 0 amide bonds. The Bertz CT molecular complexity index is 807. The Morgan fingerprint density at radius 1 is 0.692 bits per heavy atom. The van der Waals surface area contributed by atoms with Crippen molar-refractivity contribution >= 4 is 23.2 Å². The van der Waals surface area contributed by atoms with Gasteiger partial charge in [-0.3, -0.25) is 0 Å². The van der Waals surface area contributed by atoms with Crippen LogP contribution in [0, 0.1) is 22.7 Å². The molecule has 0 aliphatic rings. The van der Waals surface area contributed by atoms with Crippen LogP contribution in [0.15, 0.2) is 24.3 Å². The van der Waals surface area contributed by atoms with Crippen molar-refractivity contribution in [3.05, 3.63) is 57.1 Å². The van der Waals surface area contributed by atoms with Crippen molar-refractivity contribution in [1.29, 1.82) is 10.5 Å². The van der Waals surface area contributed by atoms with Crippen molar-refractivity contribution in [1.82, 2.24) is 9.97 Å². The van der Waals surface area contributed by atoms with E-state index in [0.717, 1.165) is 12.1 Å². The average Bonchev–Trinajstić information content (AvgIpc) is 2.53. The Labute approximate surface area is 152 Å². The number of pyridine rings is 2. The summed E-state index contributed by atoms with van der Waals surface area (Å²) in [6.45, 7) is 0. The second kappa shape index (κ2) is 8.21. The van der Waals surface area contributed by atoms with Crippen LogP contribution in [0.1, 0.15) is 22.5 Å². The number of rotatable bonds is 0. The molecule has 4 nitrogen and oxygen atoms in total. The lowest BCUT2D eigenvalue weighted by atomic mass is 10.2. The third kappa shape index (κ3) is 5.76. The maximum Gasteiger partial charge on any atom is 0.433 e. The lowest BCUT2D eigenvalue weighted by molar-refractivity contribution is -0.141. The van der Waals surface area contributed by atoms with Crippen molar-refractivity contribution in [2.45, 2.75) is 12.4 Å². The molecule has 0 aliphatic carbocycles. The predicted octanol–water partition coefficient (Wildman–Crippen LogP) is 5.25. The van der Waals surface area contributed by atoms with Gasteiger partial charge in [0.15, 0.2) is 0 Å². The molecule has 0 unspecified atom stereocenters. The van der Waals surface area contributed by atoms with Gasteiger partial charge in [-0.2, -0.15) is 36.9 Å². The number of hydrogen-bond acceptors (Lipinski definition) is 4. The summed E-state index contributed by atoms with van der Waals surface area (Å²) in [7, 11) is 0. The first-order valence-corrected chi connectivity index (χ1v) is 6.93. The van der Waals surface area contributed by atoms with Gasteiger partial charge in [0.25, 0.3) is 0 Å². The molecule has 0 N–H and O–H groups in total. The van der Waals surface area contributed by atoms with E-state index in [2.05, 4.69) is 9.97 Å². The van der Waals surface area contributed by atoms with Crippen LogP contribution in [0.4, 0.5) is 26.3 Å². The van der Waals surface area contributed by atoms with Gasteiger partial charge in [-0.1, -0.05) is 23.2 Å². The summed E-state index contributed by atoms with van der Waals surface area (Å²) < 4.78 is 72.0. The van der Waals surface area contributed by atoms with Crippen molar-refractivity contribution in [2.75, 3.05) is 0 Å². The summed E-state index contributed by atoms with van der Waals surface area (Å²) >= 11 is 10.6. The summed E-state index contributed by atoms with van der Waals surface area (Å²) in [4.78, 5) is 6.07. The molecule has 0 bridgehead atoms. The second-order valence-electron chi connectivity index (χ2n) is 4.29. The monoisotopic (exact) mass is 412 g/mol. The van der Waals surface area contributed by atoms with Crippen molar-refractivity contribution in [3.63, 3.8) is 0 Å². The molecule has 2 aromatic heterocycles. The van der Waals surface area contributed by atoms with E-state index in [4.69, 9.17) is 33.7 Å². The fourth-order valence-electron chi connectivity index (χ4n) is 1.35. The molecular formula is C14H4Cl2F6N4. The van der Waals surface area contributed by atoms with Gasteiger partial charge in [0.05, 0.1) is 11.1 Å². The number of aromatic nitrogens is 2. The van der Waals surface area contributed by atoms with Gasteiger partial charge in [0.1, 0.15) is 33.8 Å². The highest BCUT2D eigenvalue weighted by molar-refractivity contribution is 6.30. The molecule has 0 saturated carbocycles. The number of nitrogens with zero attached hydrogens (tertiary/aromatic N) is 4. The molecule has 2 rings (SSSR count). The zero-order valence-electron chi connectivity index (χ0n) is 12.1. The molecule has 2 heterocycles. The summed E-state index contributed by atoms with van der Waals surface area (Å²) in [5.74, 6) is 0. The fourth-order valence-corrected chi connectivity index (χ4v) is 1.74. The van der Waals surface area contributed by atoms with E-state index in [0.29, 0.717) is 12.1 Å². The van der Waals surface area contributed by atoms with Crippen LogP contribution in [0.2, 0.25) is 10.3 Å². The summed E-state index contributed by atoms with van der Waals surface area (Å²) in [6, 6.07) is 6.62. The van der Waals surface area contributed by atoms with E-state index >= 15 is 0 Å². The van der Waals surface area contributed by atoms with Crippen LogP contribution < -0.4 is 0 Å². The lowest BCUT2D eigenvalue weighted by Gasteiger charge is -2.05. The molecule has 0 atom stereocenters. The van der Waals surface area contributed by atoms with Gasteiger partial charge in [-0.25, -0.2) is 9.97 Å². The van der Waals surface area contributed by atoms with E-state index < -0.39 is 34.0 Å². The van der Waals surface area contributed by atoms with Crippen LogP contribution >= 0.6 is 23.2 Å². The van der Waals surface area contributed by atoms with Gasteiger partial charge in [-0.15, -0.1) is 0 Å². The number of hydrogen-bond donors (Lipinski definition) is 0. The van der Waals surface area contributed by atoms with Crippen LogP contribution in [0.25, 0.3) is 0 Å². The molecule has 0 aromatic carbocycles. The zero-order valence-corrected chi connectivity index (χ0v) is 13.6. The average molecular weight is 413 g/mol. The summed E-state index contributed by atoms with van der Waals surface area (Å²) in [6.07, 6.45) is -9.06. The Morgan fingerprint density at radius 2 is 1.00 bits per heavy atom. The molecule has 136 valence electrons. The van der Waals surface area contributed by atoms with Crippen LogP contribution in [0.3, 0.4) is 0 Å². The van der Waals surface area contributed by atoms with E-state index in [-0.39, 0.29) is 11.1 Å². The molecule has 2 aromatic rings. The largest absolute Gasteiger partial charge is 0.433 e. The van der Waals surface area contributed by atoms with Gasteiger partial charge in [0, 0.05) is 0 Å². The van der Waals surface area contributed by atoms with Gasteiger partial charge in [-0.05, 0) is 24.3 Å². The Morgan fingerprint density at radius 3 is 1.19 bits per heavy atom. The van der Waals surface area contributed by atoms with Crippen LogP contribution in [-0.2, 0) is 12.4 Å². The molecular weight excluding hydrogens is 409 g/mol. The van der Waals surface area contributed by atoms with Crippen molar-refractivity contribution in [3.8, 4) is 12.1 Å². The zero-order chi connectivity index (χ0) is 20.1. The van der Waals surface area contributed by atoms with E-state index in [1.54, 1.807) is 12.1 Å². The third-order valence-electron chi connectivity index (χ3n) is 2.52. The first-order valence-electron chi connectivity index (χ1n) is 6.17. The Balaban J connectivity index is 0.000000260. The molecule has 0 spiro atoms. The number of alkyl halides is 6. The van der Waals surface area contributed by atoms with E-state index in [9.17, 15) is 26.3 Å². The highest BCUT2D eigenvalue weighted by Crippen LogP contribution is 2.30. The van der Waals surface area contributed by atoms with E-state index in [1.807, 2.05) is 0 Å². The van der Waals surface area contributed by atoms with E-state index in [1.165, 1.54) is 0 Å². The minimum absolute atomic E-state index is 0.0744. The Hall–Kier alpha value is -2.56. The quantitative estimate of drug-likeness (QED) is 0.437. The van der Waals surface area contributed by atoms with Crippen molar-refractivity contribution in [2.24, 2.45) is 0 Å². The van der Waals surface area contributed by atoms with Crippen LogP contribution in [0.5, 0.6) is 0 Å². The first kappa shape index (κ1) is 21.5. The summed E-state index contributed by atoms with van der Waals surface area (Å²) in [5.41, 5.74) is -2.35. The molecule has 26 heavy (non-hydrogen) atoms. The maximum atomic E-state index is 12.0. The van der Waals surface area contributed by atoms with Gasteiger partial charge in [0.2, 0.25) is 0 Å². The SMILES string of the molecule is N#Cc1ccc(C(F)(F)F)nc1Cl.N#Cc1ccc(C(F)(F)F)nc1Cl. The molecule has 0 saturated heterocycles. The second-order valence-corrected chi connectivity index (χ2v) is 5.00. The number of halogens is 8. The smallest absolute Gasteiger partial charge is 0.230 e. The third-order valence-corrected chi connectivity index (χ3v) is 3.10.